The van der Waals surface area contributed by atoms with Gasteiger partial charge in [-0.1, -0.05) is 25.4 Å². The van der Waals surface area contributed by atoms with Gasteiger partial charge in [-0.3, -0.25) is 9.48 Å². The predicted molar refractivity (Wildman–Crippen MR) is 102 cm³/mol. The molecule has 1 heterocycles. The molecule has 124 valence electrons. The van der Waals surface area contributed by atoms with Gasteiger partial charge in [-0.2, -0.15) is 5.10 Å². The van der Waals surface area contributed by atoms with Crippen molar-refractivity contribution in [2.45, 2.75) is 20.4 Å². The highest BCUT2D eigenvalue weighted by Gasteiger charge is 2.09. The number of halogens is 2. The number of amides is 1. The van der Waals surface area contributed by atoms with Gasteiger partial charge in [-0.05, 0) is 53.9 Å². The van der Waals surface area contributed by atoms with E-state index in [0.29, 0.717) is 16.3 Å². The molecule has 2 rings (SSSR count). The Morgan fingerprint density at radius 3 is 2.78 bits per heavy atom. The first kappa shape index (κ1) is 18.2. The third kappa shape index (κ3) is 5.19. The molecule has 0 aliphatic carbocycles. The van der Waals surface area contributed by atoms with E-state index in [-0.39, 0.29) is 5.91 Å². The van der Waals surface area contributed by atoms with Crippen LogP contribution in [-0.4, -0.2) is 40.2 Å². The van der Waals surface area contributed by atoms with Crippen LogP contribution in [0.5, 0.6) is 0 Å². The van der Waals surface area contributed by atoms with Gasteiger partial charge in [0.1, 0.15) is 0 Å². The third-order valence-corrected chi connectivity index (χ3v) is 5.15. The van der Waals surface area contributed by atoms with Crippen molar-refractivity contribution in [2.24, 2.45) is 0 Å². The predicted octanol–water partition coefficient (Wildman–Crippen LogP) is 3.74. The smallest absolute Gasteiger partial charge is 0.255 e. The molecule has 2 aromatic rings. The number of carbonyl (C=O) groups is 1. The average Bonchev–Trinajstić information content (AvgIpc) is 2.98. The SMILES string of the molecule is CCN(CC)CCn1cc(NC(=O)c2ccc(Cl)c(I)c2)cn1. The molecule has 0 saturated heterocycles. The zero-order valence-corrected chi connectivity index (χ0v) is 16.1. The Labute approximate surface area is 155 Å². The molecule has 1 aromatic carbocycles. The fourth-order valence-corrected chi connectivity index (χ4v) is 2.81. The van der Waals surface area contributed by atoms with E-state index in [9.17, 15) is 4.79 Å². The third-order valence-electron chi connectivity index (χ3n) is 3.61. The highest BCUT2D eigenvalue weighted by Crippen LogP contribution is 2.20. The van der Waals surface area contributed by atoms with Gasteiger partial charge >= 0.3 is 0 Å². The van der Waals surface area contributed by atoms with Crippen LogP contribution in [0.4, 0.5) is 5.69 Å². The zero-order valence-electron chi connectivity index (χ0n) is 13.2. The monoisotopic (exact) mass is 446 g/mol. The topological polar surface area (TPSA) is 50.2 Å². The summed E-state index contributed by atoms with van der Waals surface area (Å²) in [6, 6.07) is 5.21. The summed E-state index contributed by atoms with van der Waals surface area (Å²) < 4.78 is 2.70. The molecule has 0 aliphatic rings. The van der Waals surface area contributed by atoms with Crippen molar-refractivity contribution in [3.8, 4) is 0 Å². The first-order chi connectivity index (χ1) is 11.0. The van der Waals surface area contributed by atoms with Crippen LogP contribution in [0.3, 0.4) is 0 Å². The van der Waals surface area contributed by atoms with Crippen LogP contribution < -0.4 is 5.32 Å². The van der Waals surface area contributed by atoms with E-state index >= 15 is 0 Å². The highest BCUT2D eigenvalue weighted by molar-refractivity contribution is 14.1. The molecule has 23 heavy (non-hydrogen) atoms. The number of likely N-dealkylation sites (N-methyl/N-ethyl adjacent to an activating group) is 1. The summed E-state index contributed by atoms with van der Waals surface area (Å²) in [5.41, 5.74) is 1.27. The van der Waals surface area contributed by atoms with Crippen LogP contribution >= 0.6 is 34.2 Å². The maximum Gasteiger partial charge on any atom is 0.255 e. The molecular weight excluding hydrogens is 427 g/mol. The Bertz CT molecular complexity index is 670. The van der Waals surface area contributed by atoms with Crippen LogP contribution in [0.25, 0.3) is 0 Å². The molecule has 0 atom stereocenters. The van der Waals surface area contributed by atoms with Crippen molar-refractivity contribution in [3.63, 3.8) is 0 Å². The molecular formula is C16H20ClIN4O. The van der Waals surface area contributed by atoms with Gasteiger partial charge in [-0.25, -0.2) is 0 Å². The lowest BCUT2D eigenvalue weighted by molar-refractivity contribution is 0.102. The number of benzene rings is 1. The van der Waals surface area contributed by atoms with Crippen molar-refractivity contribution < 1.29 is 4.79 Å². The molecule has 1 N–H and O–H groups in total. The summed E-state index contributed by atoms with van der Waals surface area (Å²) in [4.78, 5) is 14.6. The molecule has 0 aliphatic heterocycles. The second-order valence-electron chi connectivity index (χ2n) is 5.10. The number of aromatic nitrogens is 2. The second kappa shape index (κ2) is 8.65. The summed E-state index contributed by atoms with van der Waals surface area (Å²) in [6.45, 7) is 8.08. The van der Waals surface area contributed by atoms with Gasteiger partial charge in [0.15, 0.2) is 0 Å². The number of nitrogens with one attached hydrogen (secondary N) is 1. The van der Waals surface area contributed by atoms with E-state index < -0.39 is 0 Å². The van der Waals surface area contributed by atoms with E-state index in [4.69, 9.17) is 11.6 Å². The summed E-state index contributed by atoms with van der Waals surface area (Å²) in [6.07, 6.45) is 3.52. The molecule has 0 bridgehead atoms. The summed E-state index contributed by atoms with van der Waals surface area (Å²) >= 11 is 8.09. The van der Waals surface area contributed by atoms with Crippen molar-refractivity contribution in [1.82, 2.24) is 14.7 Å². The molecule has 0 spiro atoms. The minimum Gasteiger partial charge on any atom is -0.319 e. The zero-order chi connectivity index (χ0) is 16.8. The van der Waals surface area contributed by atoms with E-state index in [1.54, 1.807) is 24.4 Å². The van der Waals surface area contributed by atoms with Crippen molar-refractivity contribution in [3.05, 3.63) is 44.7 Å². The molecule has 1 aromatic heterocycles. The lowest BCUT2D eigenvalue weighted by atomic mass is 10.2. The average molecular weight is 447 g/mol. The fourth-order valence-electron chi connectivity index (χ4n) is 2.17. The number of hydrogen-bond donors (Lipinski definition) is 1. The standard InChI is InChI=1S/C16H20ClIN4O/c1-3-21(4-2)7-8-22-11-13(10-19-22)20-16(23)12-5-6-14(17)15(18)9-12/h5-6,9-11H,3-4,7-8H2,1-2H3,(H,20,23). The van der Waals surface area contributed by atoms with Crippen LogP contribution in [0.2, 0.25) is 5.02 Å². The first-order valence-electron chi connectivity index (χ1n) is 7.54. The number of carbonyl (C=O) groups excluding carboxylic acids is 1. The van der Waals surface area contributed by atoms with Gasteiger partial charge in [0.2, 0.25) is 0 Å². The summed E-state index contributed by atoms with van der Waals surface area (Å²) in [5.74, 6) is -0.164. The van der Waals surface area contributed by atoms with Gasteiger partial charge in [-0.15, -0.1) is 0 Å². The summed E-state index contributed by atoms with van der Waals surface area (Å²) in [7, 11) is 0. The first-order valence-corrected chi connectivity index (χ1v) is 9.00. The van der Waals surface area contributed by atoms with Crippen LogP contribution in [0.1, 0.15) is 24.2 Å². The largest absolute Gasteiger partial charge is 0.319 e. The maximum absolute atomic E-state index is 12.2. The van der Waals surface area contributed by atoms with Crippen LogP contribution in [0, 0.1) is 3.57 Å². The van der Waals surface area contributed by atoms with Crippen LogP contribution in [0.15, 0.2) is 30.6 Å². The Hall–Kier alpha value is -1.12. The van der Waals surface area contributed by atoms with E-state index in [2.05, 4.69) is 51.8 Å². The Morgan fingerprint density at radius 1 is 1.39 bits per heavy atom. The quantitative estimate of drug-likeness (QED) is 0.659. The normalized spacial score (nSPS) is 11.0. The van der Waals surface area contributed by atoms with Crippen molar-refractivity contribution in [2.75, 3.05) is 25.0 Å². The van der Waals surface area contributed by atoms with Gasteiger partial charge in [0, 0.05) is 21.9 Å². The lowest BCUT2D eigenvalue weighted by Gasteiger charge is -2.17. The maximum atomic E-state index is 12.2. The molecule has 5 nitrogen and oxygen atoms in total. The minimum atomic E-state index is -0.164. The van der Waals surface area contributed by atoms with Gasteiger partial charge in [0.05, 0.1) is 23.5 Å². The lowest BCUT2D eigenvalue weighted by Crippen LogP contribution is -2.27. The number of nitrogens with zero attached hydrogens (tertiary/aromatic N) is 3. The number of rotatable bonds is 7. The second-order valence-corrected chi connectivity index (χ2v) is 6.67. The number of hydrogen-bond acceptors (Lipinski definition) is 3. The molecule has 7 heteroatoms. The Kier molecular flexibility index (Phi) is 6.86. The van der Waals surface area contributed by atoms with Crippen molar-refractivity contribution in [1.29, 1.82) is 0 Å². The molecule has 1 amide bonds. The van der Waals surface area contributed by atoms with Crippen molar-refractivity contribution >= 4 is 45.8 Å². The molecule has 0 saturated carbocycles. The Morgan fingerprint density at radius 2 is 2.13 bits per heavy atom. The number of anilines is 1. The summed E-state index contributed by atoms with van der Waals surface area (Å²) in [5, 5.41) is 7.79. The van der Waals surface area contributed by atoms with Gasteiger partial charge in [0.25, 0.3) is 5.91 Å². The highest BCUT2D eigenvalue weighted by atomic mass is 127. The van der Waals surface area contributed by atoms with E-state index in [0.717, 1.165) is 29.7 Å². The van der Waals surface area contributed by atoms with Gasteiger partial charge < -0.3 is 10.2 Å². The van der Waals surface area contributed by atoms with Crippen LogP contribution in [-0.2, 0) is 6.54 Å². The fraction of sp³-hybridized carbons (Fsp3) is 0.375. The molecule has 0 radical (unpaired) electrons. The van der Waals surface area contributed by atoms with E-state index in [1.165, 1.54) is 0 Å². The molecule has 0 fully saturated rings. The minimum absolute atomic E-state index is 0.164. The Balaban J connectivity index is 1.95. The van der Waals surface area contributed by atoms with E-state index in [1.807, 2.05) is 10.9 Å². The molecule has 0 unspecified atom stereocenters.